The topological polar surface area (TPSA) is 84.9 Å². The second-order valence-corrected chi connectivity index (χ2v) is 7.18. The maximum atomic E-state index is 12.2. The third-order valence-electron chi connectivity index (χ3n) is 3.43. The zero-order chi connectivity index (χ0) is 16.9. The molecule has 1 unspecified atom stereocenters. The summed E-state index contributed by atoms with van der Waals surface area (Å²) in [6.45, 7) is 3.28. The average molecular weight is 342 g/mol. The van der Waals surface area contributed by atoms with Crippen LogP contribution in [-0.2, 0) is 14.8 Å². The number of fused-ring (bicyclic) bond motifs is 1. The van der Waals surface area contributed by atoms with Gasteiger partial charge < -0.3 is 14.4 Å². The van der Waals surface area contributed by atoms with E-state index in [4.69, 9.17) is 9.47 Å². The van der Waals surface area contributed by atoms with Crippen LogP contribution in [0.1, 0.15) is 13.3 Å². The van der Waals surface area contributed by atoms with Gasteiger partial charge >= 0.3 is 0 Å². The predicted molar refractivity (Wildman–Crippen MR) is 86.1 cm³/mol. The molecule has 0 radical (unpaired) electrons. The fourth-order valence-electron chi connectivity index (χ4n) is 2.31. The molecule has 1 heterocycles. The summed E-state index contributed by atoms with van der Waals surface area (Å²) in [5.74, 6) is 1.26. The number of ether oxygens (including phenoxy) is 2. The minimum atomic E-state index is -3.28. The first kappa shape index (κ1) is 17.6. The number of hydrogen-bond acceptors (Lipinski definition) is 5. The Morgan fingerprint density at radius 1 is 1.35 bits per heavy atom. The van der Waals surface area contributed by atoms with Gasteiger partial charge in [0.2, 0.25) is 15.9 Å². The lowest BCUT2D eigenvalue weighted by Gasteiger charge is -2.31. The lowest BCUT2D eigenvalue weighted by atomic mass is 10.2. The van der Waals surface area contributed by atoms with Crippen molar-refractivity contribution in [2.75, 3.05) is 32.5 Å². The third-order valence-corrected chi connectivity index (χ3v) is 4.16. The molecule has 1 atom stereocenters. The Kier molecular flexibility index (Phi) is 5.84. The number of amides is 1. The second-order valence-electron chi connectivity index (χ2n) is 5.35. The van der Waals surface area contributed by atoms with Gasteiger partial charge in [-0.25, -0.2) is 13.1 Å². The van der Waals surface area contributed by atoms with Gasteiger partial charge in [-0.15, -0.1) is 0 Å². The minimum Gasteiger partial charge on any atom is -0.486 e. The van der Waals surface area contributed by atoms with Crippen molar-refractivity contribution in [2.45, 2.75) is 19.4 Å². The van der Waals surface area contributed by atoms with Crippen LogP contribution >= 0.6 is 0 Å². The van der Waals surface area contributed by atoms with Crippen molar-refractivity contribution in [3.8, 4) is 11.5 Å². The molecule has 1 aliphatic rings. The van der Waals surface area contributed by atoms with Crippen LogP contribution in [0.25, 0.3) is 0 Å². The summed E-state index contributed by atoms with van der Waals surface area (Å²) >= 11 is 0. The third kappa shape index (κ3) is 5.40. The van der Waals surface area contributed by atoms with Gasteiger partial charge in [0.05, 0.1) is 12.8 Å². The van der Waals surface area contributed by atoms with Gasteiger partial charge in [-0.3, -0.25) is 4.79 Å². The van der Waals surface area contributed by atoms with Crippen molar-refractivity contribution >= 4 is 15.9 Å². The average Bonchev–Trinajstić information content (AvgIpc) is 2.51. The summed E-state index contributed by atoms with van der Waals surface area (Å²) in [7, 11) is -3.28. The van der Waals surface area contributed by atoms with Crippen LogP contribution in [0.15, 0.2) is 24.3 Å². The van der Waals surface area contributed by atoms with E-state index in [2.05, 4.69) is 4.72 Å². The number of rotatable bonds is 7. The molecule has 0 aromatic heterocycles. The number of likely N-dealkylation sites (N-methyl/N-ethyl adjacent to an activating group) is 1. The Labute approximate surface area is 136 Å². The maximum absolute atomic E-state index is 12.2. The molecule has 1 aromatic rings. The van der Waals surface area contributed by atoms with Gasteiger partial charge in [0.1, 0.15) is 6.61 Å². The van der Waals surface area contributed by atoms with Crippen LogP contribution < -0.4 is 14.2 Å². The molecule has 128 valence electrons. The van der Waals surface area contributed by atoms with Gasteiger partial charge in [-0.1, -0.05) is 12.1 Å². The molecule has 0 spiro atoms. The highest BCUT2D eigenvalue weighted by Crippen LogP contribution is 2.30. The molecule has 7 nitrogen and oxygen atoms in total. The first-order chi connectivity index (χ1) is 10.9. The summed E-state index contributed by atoms with van der Waals surface area (Å²) in [4.78, 5) is 13.8. The van der Waals surface area contributed by atoms with E-state index in [1.54, 1.807) is 4.90 Å². The smallest absolute Gasteiger partial charge is 0.224 e. The minimum absolute atomic E-state index is 0.0963. The molecule has 1 amide bonds. The fraction of sp³-hybridized carbons (Fsp3) is 0.533. The molecular formula is C15H22N2O5S. The highest BCUT2D eigenvalue weighted by molar-refractivity contribution is 7.88. The molecule has 0 saturated carbocycles. The monoisotopic (exact) mass is 342 g/mol. The second kappa shape index (κ2) is 7.65. The molecule has 8 heteroatoms. The van der Waals surface area contributed by atoms with E-state index >= 15 is 0 Å². The molecule has 0 bridgehead atoms. The molecule has 23 heavy (non-hydrogen) atoms. The SMILES string of the molecule is CCN(CC1COc2ccccc2O1)C(=O)CCNS(C)(=O)=O. The first-order valence-electron chi connectivity index (χ1n) is 7.50. The van der Waals surface area contributed by atoms with E-state index in [0.717, 1.165) is 6.26 Å². The summed E-state index contributed by atoms with van der Waals surface area (Å²) < 4.78 is 35.8. The number of para-hydroxylation sites is 2. The van der Waals surface area contributed by atoms with Crippen LogP contribution in [0.2, 0.25) is 0 Å². The van der Waals surface area contributed by atoms with Gasteiger partial charge in [0, 0.05) is 19.5 Å². The number of carbonyl (C=O) groups is 1. The number of carbonyl (C=O) groups excluding carboxylic acids is 1. The predicted octanol–water partition coefficient (Wildman–Crippen LogP) is 0.614. The molecule has 0 aliphatic carbocycles. The molecule has 1 aromatic carbocycles. The number of benzene rings is 1. The Balaban J connectivity index is 1.86. The van der Waals surface area contributed by atoms with Crippen LogP contribution in [-0.4, -0.2) is 57.8 Å². The van der Waals surface area contributed by atoms with E-state index in [9.17, 15) is 13.2 Å². The van der Waals surface area contributed by atoms with Crippen LogP contribution in [0.3, 0.4) is 0 Å². The Morgan fingerprint density at radius 2 is 2.04 bits per heavy atom. The number of sulfonamides is 1. The summed E-state index contributed by atoms with van der Waals surface area (Å²) in [6.07, 6.45) is 0.946. The molecular weight excluding hydrogens is 320 g/mol. The quantitative estimate of drug-likeness (QED) is 0.785. The zero-order valence-corrected chi connectivity index (χ0v) is 14.1. The molecule has 1 N–H and O–H groups in total. The lowest BCUT2D eigenvalue weighted by Crippen LogP contribution is -2.44. The Hall–Kier alpha value is -1.80. The summed E-state index contributed by atoms with van der Waals surface area (Å²) in [5, 5.41) is 0. The molecule has 1 aliphatic heterocycles. The Morgan fingerprint density at radius 3 is 2.70 bits per heavy atom. The van der Waals surface area contributed by atoms with Gasteiger partial charge in [0.25, 0.3) is 0 Å². The highest BCUT2D eigenvalue weighted by Gasteiger charge is 2.24. The van der Waals surface area contributed by atoms with Gasteiger partial charge in [0.15, 0.2) is 17.6 Å². The van der Waals surface area contributed by atoms with Crippen molar-refractivity contribution < 1.29 is 22.7 Å². The van der Waals surface area contributed by atoms with Gasteiger partial charge in [-0.05, 0) is 19.1 Å². The van der Waals surface area contributed by atoms with Crippen molar-refractivity contribution in [3.63, 3.8) is 0 Å². The van der Waals surface area contributed by atoms with Crippen molar-refractivity contribution in [3.05, 3.63) is 24.3 Å². The van der Waals surface area contributed by atoms with E-state index < -0.39 is 10.0 Å². The zero-order valence-electron chi connectivity index (χ0n) is 13.3. The lowest BCUT2D eigenvalue weighted by molar-refractivity contribution is -0.132. The summed E-state index contributed by atoms with van der Waals surface area (Å²) in [6, 6.07) is 7.41. The van der Waals surface area contributed by atoms with Crippen molar-refractivity contribution in [1.29, 1.82) is 0 Å². The largest absolute Gasteiger partial charge is 0.486 e. The highest BCUT2D eigenvalue weighted by atomic mass is 32.2. The number of nitrogens with one attached hydrogen (secondary N) is 1. The normalized spacial score (nSPS) is 16.9. The molecule has 0 saturated heterocycles. The maximum Gasteiger partial charge on any atom is 0.224 e. The first-order valence-corrected chi connectivity index (χ1v) is 9.39. The Bertz CT molecular complexity index is 647. The standard InChI is InChI=1S/C15H22N2O5S/c1-3-17(15(18)8-9-16-23(2,19)20)10-12-11-21-13-6-4-5-7-14(13)22-12/h4-7,12,16H,3,8-11H2,1-2H3. The van der Waals surface area contributed by atoms with E-state index in [1.807, 2.05) is 31.2 Å². The van der Waals surface area contributed by atoms with Crippen LogP contribution in [0.4, 0.5) is 0 Å². The fourth-order valence-corrected chi connectivity index (χ4v) is 2.78. The van der Waals surface area contributed by atoms with E-state index in [0.29, 0.717) is 31.2 Å². The van der Waals surface area contributed by atoms with E-state index in [-0.39, 0.29) is 25.0 Å². The van der Waals surface area contributed by atoms with Crippen LogP contribution in [0.5, 0.6) is 11.5 Å². The van der Waals surface area contributed by atoms with Crippen molar-refractivity contribution in [1.82, 2.24) is 9.62 Å². The summed E-state index contributed by atoms with van der Waals surface area (Å²) in [5.41, 5.74) is 0. The van der Waals surface area contributed by atoms with Gasteiger partial charge in [-0.2, -0.15) is 0 Å². The van der Waals surface area contributed by atoms with Crippen molar-refractivity contribution in [2.24, 2.45) is 0 Å². The molecule has 0 fully saturated rings. The van der Waals surface area contributed by atoms with Crippen LogP contribution in [0, 0.1) is 0 Å². The number of hydrogen-bond donors (Lipinski definition) is 1. The van der Waals surface area contributed by atoms with E-state index in [1.165, 1.54) is 0 Å². The number of nitrogens with zero attached hydrogens (tertiary/aromatic N) is 1. The molecule has 2 rings (SSSR count).